The van der Waals surface area contributed by atoms with Crippen molar-refractivity contribution < 1.29 is 26.3 Å². The minimum absolute atomic E-state index is 0.301. The summed E-state index contributed by atoms with van der Waals surface area (Å²) in [6, 6.07) is 18.8. The Balaban J connectivity index is 1.79. The Bertz CT molecular complexity index is 1560. The lowest BCUT2D eigenvalue weighted by molar-refractivity contribution is -0.288. The van der Waals surface area contributed by atoms with Gasteiger partial charge in [0.05, 0.1) is 0 Å². The summed E-state index contributed by atoms with van der Waals surface area (Å²) in [5.74, 6) is 0. The van der Waals surface area contributed by atoms with Crippen molar-refractivity contribution in [3.8, 4) is 11.1 Å². The quantitative estimate of drug-likeness (QED) is 0.203. The lowest BCUT2D eigenvalue weighted by Crippen LogP contribution is -2.54. The molecule has 0 aliphatic carbocycles. The van der Waals surface area contributed by atoms with E-state index in [4.69, 9.17) is 0 Å². The van der Waals surface area contributed by atoms with Crippen molar-refractivity contribution in [1.82, 2.24) is 0 Å². The van der Waals surface area contributed by atoms with Gasteiger partial charge in [-0.15, -0.1) is 0 Å². The molecule has 6 heteroatoms. The fourth-order valence-corrected chi connectivity index (χ4v) is 5.69. The number of halogens is 6. The Morgan fingerprint density at radius 2 is 0.976 bits per heavy atom. The van der Waals surface area contributed by atoms with Crippen molar-refractivity contribution in [3.05, 3.63) is 128 Å². The van der Waals surface area contributed by atoms with Crippen molar-refractivity contribution in [2.45, 2.75) is 72.2 Å². The highest BCUT2D eigenvalue weighted by molar-refractivity contribution is 5.72. The molecule has 0 nitrogen and oxygen atoms in total. The molecule has 0 aliphatic heterocycles. The van der Waals surface area contributed by atoms with E-state index in [2.05, 4.69) is 13.0 Å². The predicted molar refractivity (Wildman–Crippen MR) is 153 cm³/mol. The molecule has 41 heavy (non-hydrogen) atoms. The number of rotatable bonds is 6. The minimum Gasteiger partial charge on any atom is -0.169 e. The Labute approximate surface area is 238 Å². The van der Waals surface area contributed by atoms with Crippen molar-refractivity contribution >= 4 is 0 Å². The van der Waals surface area contributed by atoms with E-state index < -0.39 is 28.9 Å². The number of alkyl halides is 6. The van der Waals surface area contributed by atoms with E-state index in [9.17, 15) is 26.3 Å². The molecule has 0 fully saturated rings. The maximum Gasteiger partial charge on any atom is 0.411 e. The van der Waals surface area contributed by atoms with E-state index in [1.165, 1.54) is 30.2 Å². The summed E-state index contributed by atoms with van der Waals surface area (Å²) >= 11 is 0. The van der Waals surface area contributed by atoms with Gasteiger partial charge in [-0.2, -0.15) is 26.3 Å². The fraction of sp³-hybridized carbons (Fsp3) is 0.314. The summed E-state index contributed by atoms with van der Waals surface area (Å²) < 4.78 is 88.5. The minimum atomic E-state index is -5.62. The molecule has 0 bridgehead atoms. The monoisotopic (exact) mass is 568 g/mol. The molecule has 0 aliphatic rings. The van der Waals surface area contributed by atoms with Crippen LogP contribution in [0.15, 0.2) is 72.8 Å². The largest absolute Gasteiger partial charge is 0.411 e. The van der Waals surface area contributed by atoms with Gasteiger partial charge >= 0.3 is 12.4 Å². The van der Waals surface area contributed by atoms with Crippen molar-refractivity contribution in [3.63, 3.8) is 0 Å². The third kappa shape index (κ3) is 5.41. The van der Waals surface area contributed by atoms with Crippen LogP contribution >= 0.6 is 0 Å². The lowest BCUT2D eigenvalue weighted by atomic mass is 9.71. The molecule has 0 unspecified atom stereocenters. The number of benzene rings is 4. The van der Waals surface area contributed by atoms with Gasteiger partial charge in [0.25, 0.3) is 0 Å². The first-order valence-electron chi connectivity index (χ1n) is 13.6. The van der Waals surface area contributed by atoms with E-state index in [0.717, 1.165) is 46.5 Å². The fourth-order valence-electron chi connectivity index (χ4n) is 5.69. The van der Waals surface area contributed by atoms with Gasteiger partial charge in [-0.05, 0) is 121 Å². The Morgan fingerprint density at radius 1 is 0.463 bits per heavy atom. The standard InChI is InChI=1S/C35H34F6/c1-21-13-17-29(19-24(21)4)33(34(36,37)38,35(39,40)41)30-18-14-23(3)28(20-30)16-15-27-10-8-12-32(26(27)6)31-11-7-9-22(2)25(31)5/h7-14,17-20H,15-16H2,1-6H3. The molecular formula is C35H34F6. The van der Waals surface area contributed by atoms with Crippen LogP contribution in [0.5, 0.6) is 0 Å². The van der Waals surface area contributed by atoms with Gasteiger partial charge < -0.3 is 0 Å². The van der Waals surface area contributed by atoms with Crippen LogP contribution in [-0.4, -0.2) is 12.4 Å². The Kier molecular flexibility index (Phi) is 8.19. The van der Waals surface area contributed by atoms with Crippen molar-refractivity contribution in [2.24, 2.45) is 0 Å². The molecule has 216 valence electrons. The molecule has 0 aromatic heterocycles. The molecule has 0 saturated heterocycles. The van der Waals surface area contributed by atoms with Crippen LogP contribution in [0.2, 0.25) is 0 Å². The second-order valence-electron chi connectivity index (χ2n) is 11.0. The molecule has 0 atom stereocenters. The molecule has 0 amide bonds. The van der Waals surface area contributed by atoms with E-state index in [1.54, 1.807) is 13.8 Å². The van der Waals surface area contributed by atoms with E-state index in [0.29, 0.717) is 35.1 Å². The molecule has 0 spiro atoms. The maximum atomic E-state index is 14.8. The second-order valence-corrected chi connectivity index (χ2v) is 11.0. The van der Waals surface area contributed by atoms with Gasteiger partial charge in [-0.1, -0.05) is 72.8 Å². The van der Waals surface area contributed by atoms with Crippen molar-refractivity contribution in [2.75, 3.05) is 0 Å². The summed E-state index contributed by atoms with van der Waals surface area (Å²) in [6.07, 6.45) is -10.5. The van der Waals surface area contributed by atoms with Gasteiger partial charge in [-0.3, -0.25) is 0 Å². The van der Waals surface area contributed by atoms with Crippen LogP contribution in [0.3, 0.4) is 0 Å². The van der Waals surface area contributed by atoms with Crippen LogP contribution in [0.4, 0.5) is 26.3 Å². The van der Waals surface area contributed by atoms with Crippen molar-refractivity contribution in [1.29, 1.82) is 0 Å². The zero-order chi connectivity index (χ0) is 30.3. The number of aryl methyl sites for hydroxylation is 6. The van der Waals surface area contributed by atoms with E-state index in [-0.39, 0.29) is 0 Å². The Hall–Kier alpha value is -3.54. The maximum absolute atomic E-state index is 14.8. The molecule has 4 aromatic carbocycles. The highest BCUT2D eigenvalue weighted by Gasteiger charge is 2.72. The van der Waals surface area contributed by atoms with Crippen LogP contribution < -0.4 is 0 Å². The summed E-state index contributed by atoms with van der Waals surface area (Å²) in [7, 11) is 0. The second kappa shape index (κ2) is 11.0. The molecule has 4 aromatic rings. The average molecular weight is 569 g/mol. The van der Waals surface area contributed by atoms with Gasteiger partial charge in [0.1, 0.15) is 0 Å². The number of hydrogen-bond acceptors (Lipinski definition) is 0. The molecule has 0 N–H and O–H groups in total. The highest BCUT2D eigenvalue weighted by atomic mass is 19.4. The van der Waals surface area contributed by atoms with Gasteiger partial charge in [-0.25, -0.2) is 0 Å². The summed E-state index contributed by atoms with van der Waals surface area (Å²) in [5.41, 5.74) is 2.85. The normalized spacial score (nSPS) is 12.6. The summed E-state index contributed by atoms with van der Waals surface area (Å²) in [4.78, 5) is 0. The molecule has 0 radical (unpaired) electrons. The van der Waals surface area contributed by atoms with E-state index >= 15 is 0 Å². The smallest absolute Gasteiger partial charge is 0.169 e. The first-order valence-corrected chi connectivity index (χ1v) is 13.6. The van der Waals surface area contributed by atoms with Crippen LogP contribution in [0.25, 0.3) is 11.1 Å². The lowest BCUT2D eigenvalue weighted by Gasteiger charge is -2.39. The first-order chi connectivity index (χ1) is 19.1. The average Bonchev–Trinajstić information content (AvgIpc) is 2.87. The van der Waals surface area contributed by atoms with Crippen LogP contribution in [-0.2, 0) is 18.3 Å². The molecular weight excluding hydrogens is 534 g/mol. The number of hydrogen-bond donors (Lipinski definition) is 0. The SMILES string of the molecule is Cc1ccc(C(c2ccc(C)c(CCc3cccc(-c4cccc(C)c4C)c3C)c2)(C(F)(F)F)C(F)(F)F)cc1C. The van der Waals surface area contributed by atoms with Gasteiger partial charge in [0.15, 0.2) is 0 Å². The van der Waals surface area contributed by atoms with E-state index in [1.807, 2.05) is 44.2 Å². The Morgan fingerprint density at radius 3 is 1.56 bits per heavy atom. The van der Waals surface area contributed by atoms with Crippen LogP contribution in [0, 0.1) is 41.5 Å². The third-order valence-corrected chi connectivity index (χ3v) is 8.58. The van der Waals surface area contributed by atoms with Crippen LogP contribution in [0.1, 0.15) is 55.6 Å². The topological polar surface area (TPSA) is 0 Å². The predicted octanol–water partition coefficient (Wildman–Crippen LogP) is 10.4. The summed E-state index contributed by atoms with van der Waals surface area (Å²) in [5, 5.41) is 0. The highest BCUT2D eigenvalue weighted by Crippen LogP contribution is 2.56. The summed E-state index contributed by atoms with van der Waals surface area (Å²) in [6.45, 7) is 11.0. The van der Waals surface area contributed by atoms with Gasteiger partial charge in [0, 0.05) is 0 Å². The first kappa shape index (κ1) is 30.4. The zero-order valence-corrected chi connectivity index (χ0v) is 24.1. The van der Waals surface area contributed by atoms with Gasteiger partial charge in [0.2, 0.25) is 5.41 Å². The molecule has 0 heterocycles. The molecule has 4 rings (SSSR count). The zero-order valence-electron chi connectivity index (χ0n) is 24.1. The molecule has 0 saturated carbocycles. The third-order valence-electron chi connectivity index (χ3n) is 8.58.